The quantitative estimate of drug-likeness (QED) is 0.189. The zero-order valence-electron chi connectivity index (χ0n) is 19.5. The van der Waals surface area contributed by atoms with Crippen LogP contribution in [-0.4, -0.2) is 28.9 Å². The predicted molar refractivity (Wildman–Crippen MR) is 134 cm³/mol. The van der Waals surface area contributed by atoms with Crippen LogP contribution in [0.4, 0.5) is 4.39 Å². The van der Waals surface area contributed by atoms with E-state index in [1.807, 2.05) is 45.0 Å². The highest BCUT2D eigenvalue weighted by Crippen LogP contribution is 2.35. The fraction of sp³-hybridized carbons (Fsp3) is 0.214. The van der Waals surface area contributed by atoms with E-state index in [4.69, 9.17) is 0 Å². The summed E-state index contributed by atoms with van der Waals surface area (Å²) < 4.78 is 14.1. The van der Waals surface area contributed by atoms with Crippen molar-refractivity contribution < 1.29 is 19.4 Å². The van der Waals surface area contributed by atoms with Crippen molar-refractivity contribution >= 4 is 23.3 Å². The number of carboxylic acid groups (broad SMARTS) is 1. The molecule has 0 spiro atoms. The van der Waals surface area contributed by atoms with E-state index in [1.165, 1.54) is 24.4 Å². The third-order valence-electron chi connectivity index (χ3n) is 5.18. The SMILES string of the molecule is C=C(/C(=C(C)/C(C)=C/C(O)=C(\C=NCCC)C(=O)O)c1cccc(F)c1)c1cccc(C)c1. The van der Waals surface area contributed by atoms with E-state index < -0.39 is 11.7 Å². The summed E-state index contributed by atoms with van der Waals surface area (Å²) in [4.78, 5) is 15.6. The van der Waals surface area contributed by atoms with Crippen LogP contribution in [-0.2, 0) is 4.79 Å². The van der Waals surface area contributed by atoms with Gasteiger partial charge in [-0.15, -0.1) is 0 Å². The van der Waals surface area contributed by atoms with Gasteiger partial charge >= 0.3 is 5.97 Å². The molecule has 0 saturated heterocycles. The number of hydrogen-bond acceptors (Lipinski definition) is 3. The highest BCUT2D eigenvalue weighted by molar-refractivity contribution is 6.09. The number of benzene rings is 2. The lowest BCUT2D eigenvalue weighted by Crippen LogP contribution is -2.06. The summed E-state index contributed by atoms with van der Waals surface area (Å²) in [7, 11) is 0. The van der Waals surface area contributed by atoms with Crippen LogP contribution >= 0.6 is 0 Å². The van der Waals surface area contributed by atoms with Gasteiger partial charge < -0.3 is 10.2 Å². The van der Waals surface area contributed by atoms with Crippen molar-refractivity contribution in [2.24, 2.45) is 4.99 Å². The Morgan fingerprint density at radius 3 is 2.36 bits per heavy atom. The number of allylic oxidation sites excluding steroid dienone is 5. The third-order valence-corrected chi connectivity index (χ3v) is 5.18. The Morgan fingerprint density at radius 1 is 1.09 bits per heavy atom. The number of aliphatic hydroxyl groups is 1. The maximum atomic E-state index is 14.1. The first-order valence-electron chi connectivity index (χ1n) is 10.7. The Balaban J connectivity index is 2.68. The minimum Gasteiger partial charge on any atom is -0.507 e. The summed E-state index contributed by atoms with van der Waals surface area (Å²) >= 11 is 0. The molecule has 0 aromatic heterocycles. The van der Waals surface area contributed by atoms with Crippen molar-refractivity contribution in [3.63, 3.8) is 0 Å². The van der Waals surface area contributed by atoms with E-state index in [0.29, 0.717) is 28.8 Å². The summed E-state index contributed by atoms with van der Waals surface area (Å²) in [5.74, 6) is -2.05. The average molecular weight is 448 g/mol. The largest absolute Gasteiger partial charge is 0.507 e. The van der Waals surface area contributed by atoms with E-state index in [1.54, 1.807) is 19.1 Å². The zero-order chi connectivity index (χ0) is 24.5. The molecule has 0 atom stereocenters. The Morgan fingerprint density at radius 2 is 1.76 bits per heavy atom. The molecule has 2 rings (SSSR count). The minimum absolute atomic E-state index is 0.291. The van der Waals surface area contributed by atoms with Gasteiger partial charge in [0, 0.05) is 12.8 Å². The molecule has 2 aromatic carbocycles. The lowest BCUT2D eigenvalue weighted by atomic mass is 9.87. The molecule has 0 aliphatic rings. The van der Waals surface area contributed by atoms with Crippen molar-refractivity contribution in [1.82, 2.24) is 0 Å². The van der Waals surface area contributed by atoms with Crippen LogP contribution in [0.1, 0.15) is 43.9 Å². The van der Waals surface area contributed by atoms with Crippen molar-refractivity contribution in [1.29, 1.82) is 0 Å². The molecule has 0 aliphatic carbocycles. The van der Waals surface area contributed by atoms with Crippen LogP contribution in [0.3, 0.4) is 0 Å². The summed E-state index contributed by atoms with van der Waals surface area (Å²) in [6.45, 7) is 12.2. The van der Waals surface area contributed by atoms with E-state index in [-0.39, 0.29) is 11.4 Å². The van der Waals surface area contributed by atoms with Gasteiger partial charge in [-0.05, 0) is 78.8 Å². The highest BCUT2D eigenvalue weighted by atomic mass is 19.1. The van der Waals surface area contributed by atoms with Crippen LogP contribution in [0.5, 0.6) is 0 Å². The van der Waals surface area contributed by atoms with Gasteiger partial charge in [0.05, 0.1) is 0 Å². The summed E-state index contributed by atoms with van der Waals surface area (Å²) in [6.07, 6.45) is 3.32. The molecule has 0 aliphatic heterocycles. The fourth-order valence-electron chi connectivity index (χ4n) is 3.34. The molecule has 0 heterocycles. The number of carboxylic acids is 1. The minimum atomic E-state index is -1.27. The molecule has 2 aromatic rings. The number of aliphatic imine (C=N–C) groups is 1. The number of hydrogen-bond donors (Lipinski definition) is 2. The average Bonchev–Trinajstić information content (AvgIpc) is 2.76. The van der Waals surface area contributed by atoms with Crippen molar-refractivity contribution in [3.05, 3.63) is 106 Å². The maximum absolute atomic E-state index is 14.1. The first-order chi connectivity index (χ1) is 15.6. The van der Waals surface area contributed by atoms with Crippen molar-refractivity contribution in [2.75, 3.05) is 6.54 Å². The van der Waals surface area contributed by atoms with Gasteiger partial charge in [-0.2, -0.15) is 0 Å². The standard InChI is InChI=1S/C28H30FNO3/c1-6-13-30-17-25(28(32)33)26(31)15-19(3)20(4)27(23-11-8-12-24(29)16-23)21(5)22-10-7-9-18(2)14-22/h7-12,14-17,31H,5-6,13H2,1-4H3,(H,32,33)/b19-15+,26-25-,27-20-,30-17?. The highest BCUT2D eigenvalue weighted by Gasteiger charge is 2.16. The number of halogens is 1. The van der Waals surface area contributed by atoms with Crippen LogP contribution in [0, 0.1) is 12.7 Å². The molecule has 2 N–H and O–H groups in total. The van der Waals surface area contributed by atoms with Crippen LogP contribution in [0.2, 0.25) is 0 Å². The second kappa shape index (κ2) is 11.8. The molecule has 5 heteroatoms. The van der Waals surface area contributed by atoms with Gasteiger partial charge in [-0.3, -0.25) is 4.99 Å². The molecule has 0 unspecified atom stereocenters. The molecule has 4 nitrogen and oxygen atoms in total. The fourth-order valence-corrected chi connectivity index (χ4v) is 3.34. The summed E-state index contributed by atoms with van der Waals surface area (Å²) in [6, 6.07) is 14.1. The second-order valence-electron chi connectivity index (χ2n) is 7.83. The molecular weight excluding hydrogens is 417 g/mol. The van der Waals surface area contributed by atoms with E-state index in [9.17, 15) is 19.4 Å². The van der Waals surface area contributed by atoms with Gasteiger partial charge in [0.1, 0.15) is 17.1 Å². The summed E-state index contributed by atoms with van der Waals surface area (Å²) in [5.41, 5.74) is 5.05. The maximum Gasteiger partial charge on any atom is 0.341 e. The van der Waals surface area contributed by atoms with Crippen molar-refractivity contribution in [3.8, 4) is 0 Å². The Hall–Kier alpha value is -3.73. The molecule has 0 fully saturated rings. The Kier molecular flexibility index (Phi) is 9.10. The molecular formula is C28H30FNO3. The number of aliphatic carboxylic acids is 1. The van der Waals surface area contributed by atoms with Crippen LogP contribution < -0.4 is 0 Å². The van der Waals surface area contributed by atoms with E-state index in [2.05, 4.69) is 11.6 Å². The first kappa shape index (κ1) is 25.5. The molecule has 0 bridgehead atoms. The van der Waals surface area contributed by atoms with Gasteiger partial charge in [-0.1, -0.05) is 55.5 Å². The lowest BCUT2D eigenvalue weighted by molar-refractivity contribution is -0.132. The molecule has 0 amide bonds. The lowest BCUT2D eigenvalue weighted by Gasteiger charge is -2.17. The molecule has 172 valence electrons. The monoisotopic (exact) mass is 447 g/mol. The topological polar surface area (TPSA) is 69.9 Å². The molecule has 0 radical (unpaired) electrons. The Bertz CT molecular complexity index is 1170. The number of carbonyl (C=O) groups is 1. The zero-order valence-corrected chi connectivity index (χ0v) is 19.5. The second-order valence-corrected chi connectivity index (χ2v) is 7.83. The van der Waals surface area contributed by atoms with Crippen LogP contribution in [0.15, 0.2) is 88.7 Å². The Labute approximate surface area is 194 Å². The normalized spacial score (nSPS) is 13.5. The number of rotatable bonds is 9. The van der Waals surface area contributed by atoms with Gasteiger partial charge in [0.25, 0.3) is 0 Å². The van der Waals surface area contributed by atoms with Crippen LogP contribution in [0.25, 0.3) is 11.1 Å². The third kappa shape index (κ3) is 6.88. The van der Waals surface area contributed by atoms with E-state index in [0.717, 1.165) is 23.1 Å². The van der Waals surface area contributed by atoms with Crippen molar-refractivity contribution in [2.45, 2.75) is 34.1 Å². The number of aryl methyl sites for hydroxylation is 1. The predicted octanol–water partition coefficient (Wildman–Crippen LogP) is 6.94. The summed E-state index contributed by atoms with van der Waals surface area (Å²) in [5, 5.41) is 20.0. The first-order valence-corrected chi connectivity index (χ1v) is 10.7. The molecule has 0 saturated carbocycles. The van der Waals surface area contributed by atoms with E-state index >= 15 is 0 Å². The van der Waals surface area contributed by atoms with Gasteiger partial charge in [0.15, 0.2) is 0 Å². The number of nitrogens with zero attached hydrogens (tertiary/aromatic N) is 1. The smallest absolute Gasteiger partial charge is 0.341 e. The number of aliphatic hydroxyl groups excluding tert-OH is 1. The molecule has 33 heavy (non-hydrogen) atoms. The van der Waals surface area contributed by atoms with Gasteiger partial charge in [-0.25, -0.2) is 9.18 Å². The van der Waals surface area contributed by atoms with Gasteiger partial charge in [0.2, 0.25) is 0 Å².